The normalized spacial score (nSPS) is 11.1. The zero-order chi connectivity index (χ0) is 27.4. The number of benzene rings is 2. The van der Waals surface area contributed by atoms with Crippen LogP contribution in [0.1, 0.15) is 52.8 Å². The zero-order valence-electron chi connectivity index (χ0n) is 22.6. The van der Waals surface area contributed by atoms with Gasteiger partial charge in [-0.3, -0.25) is 4.98 Å². The first-order valence-electron chi connectivity index (χ1n) is 13.0. The van der Waals surface area contributed by atoms with Gasteiger partial charge in [-0.05, 0) is 53.8 Å². The molecular formula is C30H31N7O2. The van der Waals surface area contributed by atoms with Crippen LogP contribution >= 0.6 is 0 Å². The van der Waals surface area contributed by atoms with E-state index >= 15 is 0 Å². The number of esters is 1. The number of rotatable bonds is 9. The van der Waals surface area contributed by atoms with E-state index in [1.807, 2.05) is 38.2 Å². The standard InChI is InChI=1S/C30H31N7O2/c1-5-6-7-26-32-25(28-27(30(38)39-4)19(2)16-20(3)31-28)18-37(26)17-21-8-10-22(11-9-21)23-12-14-24(15-13-23)29-33-35-36-34-29/h8-16,18H,5-7,17H2,1-4H3,(H,33,34,35,36). The minimum atomic E-state index is -0.402. The molecule has 0 aliphatic heterocycles. The van der Waals surface area contributed by atoms with Crippen molar-refractivity contribution in [2.75, 3.05) is 7.11 Å². The van der Waals surface area contributed by atoms with E-state index in [1.54, 1.807) is 0 Å². The quantitative estimate of drug-likeness (QED) is 0.252. The largest absolute Gasteiger partial charge is 0.465 e. The first-order chi connectivity index (χ1) is 19.0. The lowest BCUT2D eigenvalue weighted by molar-refractivity contribution is 0.0600. The summed E-state index contributed by atoms with van der Waals surface area (Å²) in [7, 11) is 1.39. The van der Waals surface area contributed by atoms with Crippen molar-refractivity contribution in [3.8, 4) is 33.9 Å². The molecule has 2 aromatic carbocycles. The number of hydrogen-bond acceptors (Lipinski definition) is 7. The number of H-pyrrole nitrogens is 1. The smallest absolute Gasteiger partial charge is 0.340 e. The van der Waals surface area contributed by atoms with Crippen molar-refractivity contribution in [2.45, 2.75) is 46.6 Å². The highest BCUT2D eigenvalue weighted by Gasteiger charge is 2.22. The number of aromatic amines is 1. The summed E-state index contributed by atoms with van der Waals surface area (Å²) in [5.41, 5.74) is 7.68. The van der Waals surface area contributed by atoms with Gasteiger partial charge in [0.2, 0.25) is 5.82 Å². The van der Waals surface area contributed by atoms with E-state index in [9.17, 15) is 4.79 Å². The lowest BCUT2D eigenvalue weighted by atomic mass is 10.0. The van der Waals surface area contributed by atoms with E-state index in [0.717, 1.165) is 58.6 Å². The summed E-state index contributed by atoms with van der Waals surface area (Å²) >= 11 is 0. The molecule has 3 aromatic heterocycles. The molecule has 0 spiro atoms. The van der Waals surface area contributed by atoms with Gasteiger partial charge in [-0.1, -0.05) is 61.9 Å². The molecule has 5 aromatic rings. The molecule has 198 valence electrons. The summed E-state index contributed by atoms with van der Waals surface area (Å²) in [6, 6.07) is 18.5. The van der Waals surface area contributed by atoms with Crippen molar-refractivity contribution in [1.82, 2.24) is 35.2 Å². The molecule has 0 fully saturated rings. The van der Waals surface area contributed by atoms with Gasteiger partial charge in [-0.2, -0.15) is 5.21 Å². The van der Waals surface area contributed by atoms with Crippen LogP contribution in [0.25, 0.3) is 33.9 Å². The van der Waals surface area contributed by atoms with E-state index in [-0.39, 0.29) is 0 Å². The number of ether oxygens (including phenoxy) is 1. The van der Waals surface area contributed by atoms with Crippen LogP contribution in [-0.2, 0) is 17.7 Å². The van der Waals surface area contributed by atoms with Crippen molar-refractivity contribution in [2.24, 2.45) is 0 Å². The van der Waals surface area contributed by atoms with Crippen molar-refractivity contribution >= 4 is 5.97 Å². The zero-order valence-corrected chi connectivity index (χ0v) is 22.6. The molecule has 1 N–H and O–H groups in total. The van der Waals surface area contributed by atoms with Gasteiger partial charge in [0.1, 0.15) is 17.2 Å². The van der Waals surface area contributed by atoms with Crippen molar-refractivity contribution < 1.29 is 9.53 Å². The van der Waals surface area contributed by atoms with E-state index in [4.69, 9.17) is 14.7 Å². The number of aromatic nitrogens is 7. The van der Waals surface area contributed by atoms with Crippen molar-refractivity contribution in [3.05, 3.63) is 89.0 Å². The maximum absolute atomic E-state index is 12.6. The van der Waals surface area contributed by atoms with Gasteiger partial charge < -0.3 is 9.30 Å². The summed E-state index contributed by atoms with van der Waals surface area (Å²) in [5.74, 6) is 1.15. The molecule has 0 saturated heterocycles. The Morgan fingerprint density at radius 3 is 2.31 bits per heavy atom. The molecule has 0 atom stereocenters. The van der Waals surface area contributed by atoms with Crippen molar-refractivity contribution in [1.29, 1.82) is 0 Å². The molecular weight excluding hydrogens is 490 g/mol. The highest BCUT2D eigenvalue weighted by Crippen LogP contribution is 2.27. The van der Waals surface area contributed by atoms with Crippen LogP contribution in [0.3, 0.4) is 0 Å². The Labute approximate surface area is 227 Å². The van der Waals surface area contributed by atoms with Crippen molar-refractivity contribution in [3.63, 3.8) is 0 Å². The fraction of sp³-hybridized carbons (Fsp3) is 0.267. The lowest BCUT2D eigenvalue weighted by Gasteiger charge is -2.10. The second kappa shape index (κ2) is 11.4. The maximum Gasteiger partial charge on any atom is 0.340 e. The second-order valence-electron chi connectivity index (χ2n) is 9.58. The van der Waals surface area contributed by atoms with Gasteiger partial charge in [0.15, 0.2) is 0 Å². The number of aryl methyl sites for hydroxylation is 3. The molecule has 0 aliphatic rings. The summed E-state index contributed by atoms with van der Waals surface area (Å²) in [6.07, 6.45) is 4.94. The van der Waals surface area contributed by atoms with Crippen LogP contribution in [0.15, 0.2) is 60.8 Å². The Bertz CT molecular complexity index is 1570. The number of tetrazole rings is 1. The molecule has 5 rings (SSSR count). The number of pyridine rings is 1. The number of unbranched alkanes of at least 4 members (excludes halogenated alkanes) is 1. The Hall–Kier alpha value is -4.66. The Balaban J connectivity index is 1.42. The van der Waals surface area contributed by atoms with Crippen LogP contribution in [-0.4, -0.2) is 48.2 Å². The average Bonchev–Trinajstić information content (AvgIpc) is 3.62. The summed E-state index contributed by atoms with van der Waals surface area (Å²) < 4.78 is 7.23. The predicted octanol–water partition coefficient (Wildman–Crippen LogP) is 5.59. The Morgan fingerprint density at radius 1 is 0.974 bits per heavy atom. The predicted molar refractivity (Wildman–Crippen MR) is 149 cm³/mol. The van der Waals surface area contributed by atoms with Crippen LogP contribution in [0, 0.1) is 13.8 Å². The van der Waals surface area contributed by atoms with E-state index < -0.39 is 5.97 Å². The molecule has 0 unspecified atom stereocenters. The first-order valence-corrected chi connectivity index (χ1v) is 13.0. The fourth-order valence-corrected chi connectivity index (χ4v) is 4.72. The van der Waals surface area contributed by atoms with E-state index in [2.05, 4.69) is 68.5 Å². The summed E-state index contributed by atoms with van der Waals surface area (Å²) in [5, 5.41) is 14.2. The molecule has 0 saturated carbocycles. The molecule has 0 radical (unpaired) electrons. The van der Waals surface area contributed by atoms with Gasteiger partial charge in [-0.15, -0.1) is 10.2 Å². The third kappa shape index (κ3) is 5.62. The molecule has 9 nitrogen and oxygen atoms in total. The van der Waals surface area contributed by atoms with Gasteiger partial charge in [0.05, 0.1) is 12.7 Å². The van der Waals surface area contributed by atoms with Gasteiger partial charge in [0, 0.05) is 30.4 Å². The molecule has 0 aliphatic carbocycles. The Kier molecular flexibility index (Phi) is 7.58. The molecule has 0 amide bonds. The average molecular weight is 522 g/mol. The molecule has 3 heterocycles. The number of imidazole rings is 1. The van der Waals surface area contributed by atoms with Crippen LogP contribution in [0.4, 0.5) is 0 Å². The first kappa shape index (κ1) is 26.0. The van der Waals surface area contributed by atoms with Gasteiger partial charge in [-0.25, -0.2) is 9.78 Å². The minimum absolute atomic E-state index is 0.402. The van der Waals surface area contributed by atoms with E-state index in [0.29, 0.717) is 29.3 Å². The number of nitrogens with one attached hydrogen (secondary N) is 1. The number of carbonyl (C=O) groups excluding carboxylic acids is 1. The van der Waals surface area contributed by atoms with Crippen LogP contribution in [0.2, 0.25) is 0 Å². The number of hydrogen-bond donors (Lipinski definition) is 1. The Morgan fingerprint density at radius 2 is 1.67 bits per heavy atom. The molecule has 9 heteroatoms. The highest BCUT2D eigenvalue weighted by molar-refractivity contribution is 5.97. The van der Waals surface area contributed by atoms with Crippen LogP contribution in [0.5, 0.6) is 0 Å². The SMILES string of the molecule is CCCCc1nc(-c2nc(C)cc(C)c2C(=O)OC)cn1Cc1ccc(-c2ccc(-c3nn[nH]n3)cc2)cc1. The summed E-state index contributed by atoms with van der Waals surface area (Å²) in [6.45, 7) is 6.66. The molecule has 0 bridgehead atoms. The molecule has 39 heavy (non-hydrogen) atoms. The lowest BCUT2D eigenvalue weighted by Crippen LogP contribution is -2.09. The fourth-order valence-electron chi connectivity index (χ4n) is 4.72. The third-order valence-electron chi connectivity index (χ3n) is 6.72. The maximum atomic E-state index is 12.6. The topological polar surface area (TPSA) is 111 Å². The minimum Gasteiger partial charge on any atom is -0.465 e. The number of methoxy groups -OCH3 is 1. The third-order valence-corrected chi connectivity index (χ3v) is 6.72. The second-order valence-corrected chi connectivity index (χ2v) is 9.58. The number of nitrogens with zero attached hydrogens (tertiary/aromatic N) is 6. The summed E-state index contributed by atoms with van der Waals surface area (Å²) in [4.78, 5) is 22.3. The highest BCUT2D eigenvalue weighted by atomic mass is 16.5. The van der Waals surface area contributed by atoms with Crippen LogP contribution < -0.4 is 0 Å². The monoisotopic (exact) mass is 521 g/mol. The van der Waals surface area contributed by atoms with E-state index in [1.165, 1.54) is 7.11 Å². The van der Waals surface area contributed by atoms with Gasteiger partial charge in [0.25, 0.3) is 0 Å². The van der Waals surface area contributed by atoms with Gasteiger partial charge >= 0.3 is 5.97 Å². The number of carbonyl (C=O) groups is 1.